The summed E-state index contributed by atoms with van der Waals surface area (Å²) in [6.07, 6.45) is 5.93. The molecule has 5 nitrogen and oxygen atoms in total. The first-order valence-corrected chi connectivity index (χ1v) is 6.69. The molecule has 1 aliphatic heterocycles. The van der Waals surface area contributed by atoms with Crippen LogP contribution in [0.25, 0.3) is 5.52 Å². The van der Waals surface area contributed by atoms with Crippen molar-refractivity contribution in [1.29, 1.82) is 0 Å². The highest BCUT2D eigenvalue weighted by atomic mass is 16.5. The van der Waals surface area contributed by atoms with Crippen molar-refractivity contribution in [2.24, 2.45) is 0 Å². The SMILES string of the molecule is CCOC(=O)c1cnn2ccc(N3CCCC3)cc12. The van der Waals surface area contributed by atoms with Gasteiger partial charge in [-0.2, -0.15) is 5.10 Å². The average molecular weight is 259 g/mol. The Labute approximate surface area is 111 Å². The quantitative estimate of drug-likeness (QED) is 0.792. The number of pyridine rings is 1. The maximum absolute atomic E-state index is 11.9. The molecule has 0 aromatic carbocycles. The molecule has 0 N–H and O–H groups in total. The van der Waals surface area contributed by atoms with Crippen LogP contribution in [0, 0.1) is 0 Å². The van der Waals surface area contributed by atoms with Crippen LogP contribution in [0.15, 0.2) is 24.5 Å². The fourth-order valence-corrected chi connectivity index (χ4v) is 2.51. The molecule has 100 valence electrons. The van der Waals surface area contributed by atoms with Gasteiger partial charge in [0, 0.05) is 25.0 Å². The van der Waals surface area contributed by atoms with Crippen molar-refractivity contribution in [3.8, 4) is 0 Å². The number of hydrogen-bond acceptors (Lipinski definition) is 4. The molecule has 5 heteroatoms. The summed E-state index contributed by atoms with van der Waals surface area (Å²) in [4.78, 5) is 14.2. The predicted molar refractivity (Wildman–Crippen MR) is 72.6 cm³/mol. The van der Waals surface area contributed by atoms with Crippen molar-refractivity contribution in [2.75, 3.05) is 24.6 Å². The minimum Gasteiger partial charge on any atom is -0.462 e. The second-order valence-electron chi connectivity index (χ2n) is 4.69. The summed E-state index contributed by atoms with van der Waals surface area (Å²) in [5.41, 5.74) is 2.49. The number of nitrogens with zero attached hydrogens (tertiary/aromatic N) is 3. The van der Waals surface area contributed by atoms with E-state index in [-0.39, 0.29) is 5.97 Å². The summed E-state index contributed by atoms with van der Waals surface area (Å²) in [6.45, 7) is 4.35. The first kappa shape index (κ1) is 12.0. The molecule has 0 atom stereocenters. The van der Waals surface area contributed by atoms with Crippen molar-refractivity contribution in [3.63, 3.8) is 0 Å². The fraction of sp³-hybridized carbons (Fsp3) is 0.429. The number of carbonyl (C=O) groups is 1. The Kier molecular flexibility index (Phi) is 3.11. The fourth-order valence-electron chi connectivity index (χ4n) is 2.51. The van der Waals surface area contributed by atoms with Gasteiger partial charge >= 0.3 is 5.97 Å². The molecular formula is C14H17N3O2. The molecule has 0 amide bonds. The van der Waals surface area contributed by atoms with Gasteiger partial charge < -0.3 is 9.64 Å². The molecule has 19 heavy (non-hydrogen) atoms. The maximum atomic E-state index is 11.9. The number of hydrogen-bond donors (Lipinski definition) is 0. The molecule has 0 saturated carbocycles. The lowest BCUT2D eigenvalue weighted by Gasteiger charge is -2.17. The van der Waals surface area contributed by atoms with Crippen molar-refractivity contribution in [1.82, 2.24) is 9.61 Å². The van der Waals surface area contributed by atoms with Crippen molar-refractivity contribution >= 4 is 17.2 Å². The van der Waals surface area contributed by atoms with Crippen LogP contribution in [0.1, 0.15) is 30.1 Å². The Bertz CT molecular complexity index is 600. The van der Waals surface area contributed by atoms with Crippen molar-refractivity contribution in [2.45, 2.75) is 19.8 Å². The number of fused-ring (bicyclic) bond motifs is 1. The zero-order valence-corrected chi connectivity index (χ0v) is 11.0. The lowest BCUT2D eigenvalue weighted by Crippen LogP contribution is -2.17. The summed E-state index contributed by atoms with van der Waals surface area (Å²) in [7, 11) is 0. The normalized spacial score (nSPS) is 15.1. The van der Waals surface area contributed by atoms with Crippen molar-refractivity contribution in [3.05, 3.63) is 30.1 Å². The first-order valence-electron chi connectivity index (χ1n) is 6.69. The Morgan fingerprint density at radius 3 is 2.95 bits per heavy atom. The highest BCUT2D eigenvalue weighted by Crippen LogP contribution is 2.23. The number of aromatic nitrogens is 2. The summed E-state index contributed by atoms with van der Waals surface area (Å²) in [5.74, 6) is -0.309. The largest absolute Gasteiger partial charge is 0.462 e. The summed E-state index contributed by atoms with van der Waals surface area (Å²) in [6, 6.07) is 4.06. The van der Waals surface area contributed by atoms with Crippen LogP contribution in [-0.4, -0.2) is 35.3 Å². The van der Waals surface area contributed by atoms with E-state index in [0.717, 1.165) is 24.3 Å². The van der Waals surface area contributed by atoms with Gasteiger partial charge in [-0.1, -0.05) is 0 Å². The number of ether oxygens (including phenoxy) is 1. The minimum absolute atomic E-state index is 0.309. The molecule has 3 heterocycles. The van der Waals surface area contributed by atoms with Crippen LogP contribution >= 0.6 is 0 Å². The van der Waals surface area contributed by atoms with Crippen molar-refractivity contribution < 1.29 is 9.53 Å². The van der Waals surface area contributed by atoms with E-state index in [1.807, 2.05) is 18.3 Å². The molecule has 0 bridgehead atoms. The number of rotatable bonds is 3. The van der Waals surface area contributed by atoms with E-state index in [1.165, 1.54) is 12.8 Å². The Morgan fingerprint density at radius 1 is 1.42 bits per heavy atom. The van der Waals surface area contributed by atoms with E-state index in [0.29, 0.717) is 12.2 Å². The van der Waals surface area contributed by atoms with E-state index < -0.39 is 0 Å². The third kappa shape index (κ3) is 2.16. The number of carbonyl (C=O) groups excluding carboxylic acids is 1. The van der Waals surface area contributed by atoms with Crippen LogP contribution in [0.3, 0.4) is 0 Å². The molecule has 1 saturated heterocycles. The Balaban J connectivity index is 2.00. The molecule has 0 radical (unpaired) electrons. The molecule has 0 aliphatic carbocycles. The first-order chi connectivity index (χ1) is 9.29. The van der Waals surface area contributed by atoms with E-state index in [1.54, 1.807) is 17.6 Å². The minimum atomic E-state index is -0.309. The highest BCUT2D eigenvalue weighted by Gasteiger charge is 2.17. The molecule has 0 unspecified atom stereocenters. The number of anilines is 1. The van der Waals surface area contributed by atoms with Crippen LogP contribution in [0.5, 0.6) is 0 Å². The third-order valence-corrected chi connectivity index (χ3v) is 3.47. The van der Waals surface area contributed by atoms with Gasteiger partial charge in [-0.15, -0.1) is 0 Å². The lowest BCUT2D eigenvalue weighted by molar-refractivity contribution is 0.0528. The van der Waals surface area contributed by atoms with E-state index >= 15 is 0 Å². The lowest BCUT2D eigenvalue weighted by atomic mass is 10.2. The topological polar surface area (TPSA) is 46.8 Å². The van der Waals surface area contributed by atoms with Gasteiger partial charge in [-0.05, 0) is 31.9 Å². The Hall–Kier alpha value is -2.04. The highest BCUT2D eigenvalue weighted by molar-refractivity contribution is 5.97. The summed E-state index contributed by atoms with van der Waals surface area (Å²) >= 11 is 0. The second-order valence-corrected chi connectivity index (χ2v) is 4.69. The molecular weight excluding hydrogens is 242 g/mol. The predicted octanol–water partition coefficient (Wildman–Crippen LogP) is 2.11. The Morgan fingerprint density at radius 2 is 2.21 bits per heavy atom. The van der Waals surface area contributed by atoms with Crippen LogP contribution < -0.4 is 4.90 Å². The molecule has 2 aromatic heterocycles. The molecule has 1 fully saturated rings. The molecule has 1 aliphatic rings. The van der Waals surface area contributed by atoms with Gasteiger partial charge in [0.25, 0.3) is 0 Å². The standard InChI is InChI=1S/C14H17N3O2/c1-2-19-14(18)12-10-15-17-8-5-11(9-13(12)17)16-6-3-4-7-16/h5,8-10H,2-4,6-7H2,1H3. The van der Waals surface area contributed by atoms with Crippen LogP contribution in [0.4, 0.5) is 5.69 Å². The summed E-state index contributed by atoms with van der Waals surface area (Å²) < 4.78 is 6.77. The van der Waals surface area contributed by atoms with Gasteiger partial charge in [0.05, 0.1) is 18.3 Å². The van der Waals surface area contributed by atoms with Gasteiger partial charge in [-0.25, -0.2) is 9.31 Å². The van der Waals surface area contributed by atoms with Crippen LogP contribution in [-0.2, 0) is 4.74 Å². The smallest absolute Gasteiger partial charge is 0.341 e. The molecule has 2 aromatic rings. The average Bonchev–Trinajstić information content (AvgIpc) is 3.07. The zero-order chi connectivity index (χ0) is 13.2. The maximum Gasteiger partial charge on any atom is 0.341 e. The van der Waals surface area contributed by atoms with Crippen LogP contribution in [0.2, 0.25) is 0 Å². The molecule has 0 spiro atoms. The van der Waals surface area contributed by atoms with E-state index in [9.17, 15) is 4.79 Å². The van der Waals surface area contributed by atoms with E-state index in [2.05, 4.69) is 10.00 Å². The second kappa shape index (κ2) is 4.91. The van der Waals surface area contributed by atoms with Gasteiger partial charge in [0.1, 0.15) is 5.56 Å². The molecule has 3 rings (SSSR count). The zero-order valence-electron chi connectivity index (χ0n) is 11.0. The monoisotopic (exact) mass is 259 g/mol. The van der Waals surface area contributed by atoms with Gasteiger partial charge in [-0.3, -0.25) is 0 Å². The summed E-state index contributed by atoms with van der Waals surface area (Å²) in [5, 5.41) is 4.19. The third-order valence-electron chi connectivity index (χ3n) is 3.47. The number of esters is 1. The van der Waals surface area contributed by atoms with E-state index in [4.69, 9.17) is 4.74 Å². The van der Waals surface area contributed by atoms with Gasteiger partial charge in [0.2, 0.25) is 0 Å². The van der Waals surface area contributed by atoms with Gasteiger partial charge in [0.15, 0.2) is 0 Å².